The molecule has 1 unspecified atom stereocenters. The largest absolute Gasteiger partial charge is 0.345 e. The number of hydrogen-bond acceptors (Lipinski definition) is 4. The Morgan fingerprint density at radius 3 is 3.00 bits per heavy atom. The highest BCUT2D eigenvalue weighted by Gasteiger charge is 2.22. The number of rotatable bonds is 6. The van der Waals surface area contributed by atoms with E-state index >= 15 is 0 Å². The van der Waals surface area contributed by atoms with Crippen molar-refractivity contribution in [2.24, 2.45) is 0 Å². The van der Waals surface area contributed by atoms with Gasteiger partial charge in [0.05, 0.1) is 5.69 Å². The third-order valence-corrected chi connectivity index (χ3v) is 5.12. The van der Waals surface area contributed by atoms with Crippen LogP contribution in [0.25, 0.3) is 0 Å². The van der Waals surface area contributed by atoms with Gasteiger partial charge in [0.25, 0.3) is 0 Å². The molecule has 1 atom stereocenters. The lowest BCUT2D eigenvalue weighted by atomic mass is 10.1. The Kier molecular flexibility index (Phi) is 5.64. The van der Waals surface area contributed by atoms with Gasteiger partial charge in [0, 0.05) is 24.0 Å². The molecular weight excluding hydrogens is 254 g/mol. The number of aryl methyl sites for hydroxylation is 1. The van der Waals surface area contributed by atoms with E-state index in [-0.39, 0.29) is 0 Å². The van der Waals surface area contributed by atoms with Gasteiger partial charge in [-0.3, -0.25) is 0 Å². The highest BCUT2D eigenvalue weighted by atomic mass is 32.1. The summed E-state index contributed by atoms with van der Waals surface area (Å²) in [6.07, 6.45) is 6.50. The molecule has 1 aliphatic heterocycles. The third kappa shape index (κ3) is 3.93. The Morgan fingerprint density at radius 2 is 2.26 bits per heavy atom. The highest BCUT2D eigenvalue weighted by molar-refractivity contribution is 7.15. The number of piperidine rings is 1. The van der Waals surface area contributed by atoms with Crippen molar-refractivity contribution < 1.29 is 0 Å². The van der Waals surface area contributed by atoms with Gasteiger partial charge in [-0.15, -0.1) is 11.3 Å². The fraction of sp³-hybridized carbons (Fsp3) is 0.800. The van der Waals surface area contributed by atoms with Crippen molar-refractivity contribution in [1.82, 2.24) is 10.3 Å². The maximum Gasteiger partial charge on any atom is 0.186 e. The smallest absolute Gasteiger partial charge is 0.186 e. The predicted octanol–water partition coefficient (Wildman–Crippen LogP) is 3.72. The summed E-state index contributed by atoms with van der Waals surface area (Å²) in [4.78, 5) is 8.69. The first kappa shape index (κ1) is 14.8. The van der Waals surface area contributed by atoms with Crippen LogP contribution < -0.4 is 10.2 Å². The van der Waals surface area contributed by atoms with Gasteiger partial charge in [-0.05, 0) is 46.1 Å². The zero-order chi connectivity index (χ0) is 13.7. The molecule has 1 aromatic rings. The van der Waals surface area contributed by atoms with Gasteiger partial charge < -0.3 is 10.2 Å². The van der Waals surface area contributed by atoms with Crippen LogP contribution in [0, 0.1) is 6.92 Å². The Morgan fingerprint density at radius 1 is 1.42 bits per heavy atom. The van der Waals surface area contributed by atoms with E-state index in [2.05, 4.69) is 31.0 Å². The minimum atomic E-state index is 0.653. The topological polar surface area (TPSA) is 28.2 Å². The maximum absolute atomic E-state index is 4.79. The fourth-order valence-corrected chi connectivity index (χ4v) is 3.74. The Labute approximate surface area is 121 Å². The minimum Gasteiger partial charge on any atom is -0.345 e. The summed E-state index contributed by atoms with van der Waals surface area (Å²) in [6, 6.07) is 0.653. The summed E-state index contributed by atoms with van der Waals surface area (Å²) in [5.74, 6) is 0. The van der Waals surface area contributed by atoms with Crippen LogP contribution in [0.2, 0.25) is 0 Å². The minimum absolute atomic E-state index is 0.653. The molecule has 0 amide bonds. The molecule has 0 aromatic carbocycles. The van der Waals surface area contributed by atoms with E-state index in [0.29, 0.717) is 6.04 Å². The van der Waals surface area contributed by atoms with E-state index in [1.165, 1.54) is 54.4 Å². The van der Waals surface area contributed by atoms with Crippen LogP contribution in [0.3, 0.4) is 0 Å². The van der Waals surface area contributed by atoms with E-state index in [1.807, 2.05) is 11.3 Å². The van der Waals surface area contributed by atoms with Crippen molar-refractivity contribution in [2.45, 2.75) is 65.5 Å². The number of anilines is 1. The second-order valence-corrected chi connectivity index (χ2v) is 6.64. The van der Waals surface area contributed by atoms with Crippen LogP contribution in [0.15, 0.2) is 0 Å². The van der Waals surface area contributed by atoms with E-state index < -0.39 is 0 Å². The molecule has 19 heavy (non-hydrogen) atoms. The summed E-state index contributed by atoms with van der Waals surface area (Å²) in [6.45, 7) is 9.97. The quantitative estimate of drug-likeness (QED) is 0.806. The lowest BCUT2D eigenvalue weighted by molar-refractivity contribution is 0.484. The molecule has 0 bridgehead atoms. The SMILES string of the molecule is CCCCNCc1sc(N2CCCCC2C)nc1C. The lowest BCUT2D eigenvalue weighted by Crippen LogP contribution is -2.37. The zero-order valence-electron chi connectivity index (χ0n) is 12.5. The first-order valence-electron chi connectivity index (χ1n) is 7.66. The van der Waals surface area contributed by atoms with Crippen molar-refractivity contribution >= 4 is 16.5 Å². The van der Waals surface area contributed by atoms with Crippen LogP contribution >= 0.6 is 11.3 Å². The average molecular weight is 281 g/mol. The van der Waals surface area contributed by atoms with Crippen molar-refractivity contribution in [3.63, 3.8) is 0 Å². The Balaban J connectivity index is 1.95. The Hall–Kier alpha value is -0.610. The molecular formula is C15H27N3S. The zero-order valence-corrected chi connectivity index (χ0v) is 13.4. The molecule has 1 saturated heterocycles. The number of thiazole rings is 1. The standard InChI is InChI=1S/C15H27N3S/c1-4-5-9-16-11-14-13(3)17-15(19-14)18-10-7-6-8-12(18)2/h12,16H,4-11H2,1-3H3. The van der Waals surface area contributed by atoms with Gasteiger partial charge in [-0.2, -0.15) is 0 Å². The van der Waals surface area contributed by atoms with Gasteiger partial charge in [-0.25, -0.2) is 4.98 Å². The molecule has 3 nitrogen and oxygen atoms in total. The lowest BCUT2D eigenvalue weighted by Gasteiger charge is -2.33. The second kappa shape index (κ2) is 7.25. The molecule has 1 fully saturated rings. The molecule has 0 radical (unpaired) electrons. The first-order valence-corrected chi connectivity index (χ1v) is 8.47. The van der Waals surface area contributed by atoms with Crippen molar-refractivity contribution in [3.8, 4) is 0 Å². The second-order valence-electron chi connectivity index (χ2n) is 5.57. The molecule has 2 heterocycles. The third-order valence-electron chi connectivity index (χ3n) is 3.92. The summed E-state index contributed by atoms with van der Waals surface area (Å²) in [5, 5.41) is 4.76. The number of aromatic nitrogens is 1. The maximum atomic E-state index is 4.79. The van der Waals surface area contributed by atoms with Crippen LogP contribution in [0.1, 0.15) is 56.5 Å². The number of unbranched alkanes of at least 4 members (excludes halogenated alkanes) is 1. The van der Waals surface area contributed by atoms with Crippen LogP contribution in [0.4, 0.5) is 5.13 Å². The van der Waals surface area contributed by atoms with E-state index in [1.54, 1.807) is 0 Å². The van der Waals surface area contributed by atoms with E-state index in [4.69, 9.17) is 4.98 Å². The van der Waals surface area contributed by atoms with Gasteiger partial charge in [0.1, 0.15) is 0 Å². The normalized spacial score (nSPS) is 19.9. The number of hydrogen-bond donors (Lipinski definition) is 1. The molecule has 1 aromatic heterocycles. The van der Waals surface area contributed by atoms with Gasteiger partial charge in [0.2, 0.25) is 0 Å². The molecule has 0 spiro atoms. The first-order chi connectivity index (χ1) is 9.22. The summed E-state index contributed by atoms with van der Waals surface area (Å²) in [7, 11) is 0. The van der Waals surface area contributed by atoms with E-state index in [9.17, 15) is 0 Å². The van der Waals surface area contributed by atoms with Crippen LogP contribution in [0.5, 0.6) is 0 Å². The molecule has 1 aliphatic rings. The molecule has 2 rings (SSSR count). The van der Waals surface area contributed by atoms with Crippen molar-refractivity contribution in [1.29, 1.82) is 0 Å². The Bertz CT molecular complexity index is 389. The summed E-state index contributed by atoms with van der Waals surface area (Å²) >= 11 is 1.88. The van der Waals surface area contributed by atoms with Crippen LogP contribution in [-0.4, -0.2) is 24.1 Å². The molecule has 108 valence electrons. The van der Waals surface area contributed by atoms with Crippen LogP contribution in [-0.2, 0) is 6.54 Å². The molecule has 4 heteroatoms. The van der Waals surface area contributed by atoms with Crippen molar-refractivity contribution in [3.05, 3.63) is 10.6 Å². The highest BCUT2D eigenvalue weighted by Crippen LogP contribution is 2.30. The predicted molar refractivity (Wildman–Crippen MR) is 84.1 cm³/mol. The number of nitrogens with one attached hydrogen (secondary N) is 1. The summed E-state index contributed by atoms with van der Waals surface area (Å²) in [5.41, 5.74) is 1.21. The molecule has 0 saturated carbocycles. The van der Waals surface area contributed by atoms with Gasteiger partial charge >= 0.3 is 0 Å². The average Bonchev–Trinajstić information content (AvgIpc) is 2.77. The van der Waals surface area contributed by atoms with Gasteiger partial charge in [0.15, 0.2) is 5.13 Å². The summed E-state index contributed by atoms with van der Waals surface area (Å²) < 4.78 is 0. The molecule has 1 N–H and O–H groups in total. The van der Waals surface area contributed by atoms with Crippen molar-refractivity contribution in [2.75, 3.05) is 18.0 Å². The van der Waals surface area contributed by atoms with Gasteiger partial charge in [-0.1, -0.05) is 13.3 Å². The number of nitrogens with zero attached hydrogens (tertiary/aromatic N) is 2. The van der Waals surface area contributed by atoms with E-state index in [0.717, 1.165) is 13.1 Å². The monoisotopic (exact) mass is 281 g/mol. The molecule has 0 aliphatic carbocycles. The fourth-order valence-electron chi connectivity index (χ4n) is 2.59.